The summed E-state index contributed by atoms with van der Waals surface area (Å²) in [4.78, 5) is 11.1. The lowest BCUT2D eigenvalue weighted by molar-refractivity contribution is -0.122. The Labute approximate surface area is 76.2 Å². The number of alkyl halides is 2. The van der Waals surface area contributed by atoms with Crippen molar-refractivity contribution in [2.24, 2.45) is 5.92 Å². The molecule has 1 fully saturated rings. The molecule has 1 saturated carbocycles. The summed E-state index contributed by atoms with van der Waals surface area (Å²) in [5.74, 6) is -0.200. The molecule has 0 aromatic carbocycles. The molecule has 0 spiro atoms. The summed E-state index contributed by atoms with van der Waals surface area (Å²) in [7, 11) is 0. The van der Waals surface area contributed by atoms with Crippen LogP contribution in [0, 0.1) is 5.92 Å². The molecule has 1 N–H and O–H groups in total. The molecule has 4 heteroatoms. The molecule has 0 radical (unpaired) electrons. The smallest absolute Gasteiger partial charge is 0.226 e. The lowest BCUT2D eigenvalue weighted by Crippen LogP contribution is -2.27. The zero-order valence-corrected chi connectivity index (χ0v) is 7.87. The maximum absolute atomic E-state index is 11.1. The van der Waals surface area contributed by atoms with Crippen molar-refractivity contribution in [1.29, 1.82) is 0 Å². The molecular weight excluding hydrogens is 185 g/mol. The van der Waals surface area contributed by atoms with Crippen LogP contribution in [-0.2, 0) is 4.79 Å². The van der Waals surface area contributed by atoms with Gasteiger partial charge in [0.2, 0.25) is 5.91 Å². The molecule has 0 aromatic rings. The third-order valence-corrected chi connectivity index (χ3v) is 2.53. The highest BCUT2D eigenvalue weighted by Gasteiger charge is 2.56. The van der Waals surface area contributed by atoms with Crippen molar-refractivity contribution in [1.82, 2.24) is 5.32 Å². The first-order valence-corrected chi connectivity index (χ1v) is 4.49. The van der Waals surface area contributed by atoms with E-state index >= 15 is 0 Å². The van der Waals surface area contributed by atoms with Gasteiger partial charge >= 0.3 is 0 Å². The van der Waals surface area contributed by atoms with Gasteiger partial charge in [-0.25, -0.2) is 0 Å². The zero-order chi connectivity index (χ0) is 8.48. The van der Waals surface area contributed by atoms with Crippen LogP contribution in [-0.4, -0.2) is 16.8 Å². The van der Waals surface area contributed by atoms with E-state index in [1.165, 1.54) is 0 Å². The predicted octanol–water partition coefficient (Wildman–Crippen LogP) is 1.71. The molecule has 11 heavy (non-hydrogen) atoms. The highest BCUT2D eigenvalue weighted by molar-refractivity contribution is 6.52. The third kappa shape index (κ3) is 2.24. The number of hydrogen-bond donors (Lipinski definition) is 1. The molecule has 1 aliphatic carbocycles. The van der Waals surface area contributed by atoms with E-state index in [0.717, 1.165) is 6.42 Å². The summed E-state index contributed by atoms with van der Waals surface area (Å²) >= 11 is 11.4. The standard InChI is InChI=1S/C7H11Cl2NO/c1-2-3-10-6(11)5-4-7(5,8)9/h5H,2-4H2,1H3,(H,10,11). The Morgan fingerprint density at radius 3 is 2.64 bits per heavy atom. The average Bonchev–Trinajstić information content (AvgIpc) is 2.55. The van der Waals surface area contributed by atoms with Crippen LogP contribution in [0.2, 0.25) is 0 Å². The molecular formula is C7H11Cl2NO. The van der Waals surface area contributed by atoms with Crippen molar-refractivity contribution < 1.29 is 4.79 Å². The largest absolute Gasteiger partial charge is 0.356 e. The number of halogens is 2. The molecule has 1 rings (SSSR count). The molecule has 1 atom stereocenters. The van der Waals surface area contributed by atoms with Gasteiger partial charge < -0.3 is 5.32 Å². The fraction of sp³-hybridized carbons (Fsp3) is 0.857. The Kier molecular flexibility index (Phi) is 2.66. The molecule has 1 unspecified atom stereocenters. The van der Waals surface area contributed by atoms with E-state index in [1.54, 1.807) is 0 Å². The minimum atomic E-state index is -0.780. The Bertz CT molecular complexity index is 170. The van der Waals surface area contributed by atoms with Crippen molar-refractivity contribution in [3.63, 3.8) is 0 Å². The van der Waals surface area contributed by atoms with Crippen LogP contribution in [0.15, 0.2) is 0 Å². The normalized spacial score (nSPS) is 26.3. The molecule has 64 valence electrons. The van der Waals surface area contributed by atoms with Crippen molar-refractivity contribution in [3.8, 4) is 0 Å². The first-order valence-electron chi connectivity index (χ1n) is 3.73. The van der Waals surface area contributed by atoms with Crippen molar-refractivity contribution in [2.45, 2.75) is 24.1 Å². The van der Waals surface area contributed by atoms with Crippen LogP contribution in [0.1, 0.15) is 19.8 Å². The lowest BCUT2D eigenvalue weighted by atomic mass is 10.4. The van der Waals surface area contributed by atoms with E-state index in [0.29, 0.717) is 13.0 Å². The highest BCUT2D eigenvalue weighted by atomic mass is 35.5. The maximum atomic E-state index is 11.1. The van der Waals surface area contributed by atoms with Gasteiger partial charge in [-0.2, -0.15) is 0 Å². The molecule has 0 aromatic heterocycles. The van der Waals surface area contributed by atoms with Crippen LogP contribution >= 0.6 is 23.2 Å². The van der Waals surface area contributed by atoms with Crippen molar-refractivity contribution >= 4 is 29.1 Å². The fourth-order valence-electron chi connectivity index (χ4n) is 0.869. The van der Waals surface area contributed by atoms with Crippen LogP contribution in [0.25, 0.3) is 0 Å². The average molecular weight is 196 g/mol. The molecule has 0 saturated heterocycles. The summed E-state index contributed by atoms with van der Waals surface area (Å²) in [6, 6.07) is 0. The summed E-state index contributed by atoms with van der Waals surface area (Å²) < 4.78 is -0.780. The van der Waals surface area contributed by atoms with Crippen LogP contribution in [0.4, 0.5) is 0 Å². The van der Waals surface area contributed by atoms with E-state index in [1.807, 2.05) is 6.92 Å². The molecule has 1 aliphatic rings. The monoisotopic (exact) mass is 195 g/mol. The second-order valence-corrected chi connectivity index (χ2v) is 4.35. The van der Waals surface area contributed by atoms with Gasteiger partial charge in [-0.1, -0.05) is 6.92 Å². The van der Waals surface area contributed by atoms with Crippen LogP contribution < -0.4 is 5.32 Å². The lowest BCUT2D eigenvalue weighted by Gasteiger charge is -2.01. The van der Waals surface area contributed by atoms with Crippen molar-refractivity contribution in [3.05, 3.63) is 0 Å². The Morgan fingerprint density at radius 1 is 1.73 bits per heavy atom. The summed E-state index contributed by atoms with van der Waals surface area (Å²) in [6.45, 7) is 2.71. The van der Waals surface area contributed by atoms with Crippen LogP contribution in [0.3, 0.4) is 0 Å². The van der Waals surface area contributed by atoms with Gasteiger partial charge in [-0.15, -0.1) is 23.2 Å². The van der Waals surface area contributed by atoms with E-state index in [9.17, 15) is 4.79 Å². The van der Waals surface area contributed by atoms with Gasteiger partial charge in [0.1, 0.15) is 4.33 Å². The number of carbonyl (C=O) groups is 1. The SMILES string of the molecule is CCCNC(=O)C1CC1(Cl)Cl. The second-order valence-electron chi connectivity index (χ2n) is 2.81. The minimum absolute atomic E-state index is 0.0168. The van der Waals surface area contributed by atoms with E-state index in [4.69, 9.17) is 23.2 Å². The first kappa shape index (κ1) is 9.14. The molecule has 2 nitrogen and oxygen atoms in total. The summed E-state index contributed by atoms with van der Waals surface area (Å²) in [5, 5.41) is 2.74. The summed E-state index contributed by atoms with van der Waals surface area (Å²) in [5.41, 5.74) is 0. The van der Waals surface area contributed by atoms with Gasteiger partial charge in [0, 0.05) is 6.54 Å². The van der Waals surface area contributed by atoms with Crippen molar-refractivity contribution in [2.75, 3.05) is 6.54 Å². The topological polar surface area (TPSA) is 29.1 Å². The fourth-order valence-corrected chi connectivity index (χ4v) is 1.38. The first-order chi connectivity index (χ1) is 5.08. The van der Waals surface area contributed by atoms with Gasteiger partial charge in [-0.3, -0.25) is 4.79 Å². The van der Waals surface area contributed by atoms with E-state index in [-0.39, 0.29) is 11.8 Å². The maximum Gasteiger partial charge on any atom is 0.226 e. The van der Waals surface area contributed by atoms with Crippen LogP contribution in [0.5, 0.6) is 0 Å². The number of rotatable bonds is 3. The summed E-state index contributed by atoms with van der Waals surface area (Å²) in [6.07, 6.45) is 1.53. The van der Waals surface area contributed by atoms with E-state index in [2.05, 4.69) is 5.32 Å². The quantitative estimate of drug-likeness (QED) is 0.684. The Balaban J connectivity index is 2.23. The number of hydrogen-bond acceptors (Lipinski definition) is 1. The molecule has 0 bridgehead atoms. The Hall–Kier alpha value is 0.0500. The number of amides is 1. The zero-order valence-electron chi connectivity index (χ0n) is 6.36. The minimum Gasteiger partial charge on any atom is -0.356 e. The number of carbonyl (C=O) groups excluding carboxylic acids is 1. The number of nitrogens with one attached hydrogen (secondary N) is 1. The Morgan fingerprint density at radius 2 is 2.27 bits per heavy atom. The third-order valence-electron chi connectivity index (χ3n) is 1.69. The highest BCUT2D eigenvalue weighted by Crippen LogP contribution is 2.53. The second kappa shape index (κ2) is 3.20. The van der Waals surface area contributed by atoms with E-state index < -0.39 is 4.33 Å². The molecule has 0 aliphatic heterocycles. The molecule has 1 amide bonds. The van der Waals surface area contributed by atoms with Gasteiger partial charge in [0.25, 0.3) is 0 Å². The van der Waals surface area contributed by atoms with Gasteiger partial charge in [0.15, 0.2) is 0 Å². The van der Waals surface area contributed by atoms with Gasteiger partial charge in [-0.05, 0) is 12.8 Å². The van der Waals surface area contributed by atoms with Gasteiger partial charge in [0.05, 0.1) is 5.92 Å². The predicted molar refractivity (Wildman–Crippen MR) is 45.8 cm³/mol. The molecule has 0 heterocycles.